The van der Waals surface area contributed by atoms with E-state index in [1.54, 1.807) is 0 Å². The molecule has 2 rings (SSSR count). The SMILES string of the molecule is CC(C)C1CCC(CN)(C2(O)CCCOCC2)CC1. The zero-order valence-electron chi connectivity index (χ0n) is 12.7. The maximum atomic E-state index is 11.2. The number of rotatable bonds is 3. The van der Waals surface area contributed by atoms with Crippen molar-refractivity contribution < 1.29 is 9.84 Å². The molecule has 0 radical (unpaired) electrons. The summed E-state index contributed by atoms with van der Waals surface area (Å²) in [4.78, 5) is 0. The molecule has 0 bridgehead atoms. The molecule has 1 unspecified atom stereocenters. The van der Waals surface area contributed by atoms with E-state index >= 15 is 0 Å². The summed E-state index contributed by atoms with van der Waals surface area (Å²) in [6.07, 6.45) is 7.20. The van der Waals surface area contributed by atoms with Crippen LogP contribution in [0.2, 0.25) is 0 Å². The average molecular weight is 269 g/mol. The Morgan fingerprint density at radius 2 is 1.84 bits per heavy atom. The molecule has 0 aromatic heterocycles. The summed E-state index contributed by atoms with van der Waals surface area (Å²) in [6.45, 7) is 6.72. The minimum atomic E-state index is -0.597. The third-order valence-corrected chi connectivity index (χ3v) is 5.85. The Balaban J connectivity index is 2.10. The number of ether oxygens (including phenoxy) is 1. The summed E-state index contributed by atoms with van der Waals surface area (Å²) in [5.74, 6) is 1.56. The van der Waals surface area contributed by atoms with Gasteiger partial charge in [0.25, 0.3) is 0 Å². The van der Waals surface area contributed by atoms with Gasteiger partial charge in [-0.3, -0.25) is 0 Å². The zero-order chi connectivity index (χ0) is 13.9. The lowest BCUT2D eigenvalue weighted by molar-refractivity contribution is -0.117. The summed E-state index contributed by atoms with van der Waals surface area (Å²) in [6, 6.07) is 0. The fourth-order valence-corrected chi connectivity index (χ4v) is 4.18. The van der Waals surface area contributed by atoms with Crippen LogP contribution >= 0.6 is 0 Å². The van der Waals surface area contributed by atoms with Gasteiger partial charge in [0.1, 0.15) is 0 Å². The van der Waals surface area contributed by atoms with E-state index in [2.05, 4.69) is 13.8 Å². The van der Waals surface area contributed by atoms with E-state index in [4.69, 9.17) is 10.5 Å². The molecule has 3 N–H and O–H groups in total. The second-order valence-electron chi connectivity index (χ2n) is 7.06. The molecular formula is C16H31NO2. The Morgan fingerprint density at radius 1 is 1.16 bits per heavy atom. The largest absolute Gasteiger partial charge is 0.389 e. The second-order valence-corrected chi connectivity index (χ2v) is 7.06. The van der Waals surface area contributed by atoms with Crippen LogP contribution in [0.3, 0.4) is 0 Å². The lowest BCUT2D eigenvalue weighted by atomic mass is 9.58. The molecule has 0 aromatic rings. The summed E-state index contributed by atoms with van der Waals surface area (Å²) >= 11 is 0. The Kier molecular flexibility index (Phi) is 4.91. The summed E-state index contributed by atoms with van der Waals surface area (Å²) < 4.78 is 5.53. The topological polar surface area (TPSA) is 55.5 Å². The minimum absolute atomic E-state index is 0.0634. The maximum Gasteiger partial charge on any atom is 0.0738 e. The Bertz CT molecular complexity index is 274. The molecule has 1 atom stereocenters. The highest BCUT2D eigenvalue weighted by atomic mass is 16.5. The zero-order valence-corrected chi connectivity index (χ0v) is 12.7. The lowest BCUT2D eigenvalue weighted by Crippen LogP contribution is -2.54. The number of aliphatic hydroxyl groups is 1. The van der Waals surface area contributed by atoms with E-state index < -0.39 is 5.60 Å². The van der Waals surface area contributed by atoms with Gasteiger partial charge in [-0.1, -0.05) is 13.8 Å². The monoisotopic (exact) mass is 269 g/mol. The minimum Gasteiger partial charge on any atom is -0.389 e. The first-order chi connectivity index (χ1) is 9.03. The number of nitrogens with two attached hydrogens (primary N) is 1. The van der Waals surface area contributed by atoms with Crippen LogP contribution in [-0.2, 0) is 4.74 Å². The van der Waals surface area contributed by atoms with Crippen molar-refractivity contribution in [1.29, 1.82) is 0 Å². The highest BCUT2D eigenvalue weighted by molar-refractivity contribution is 5.02. The number of hydrogen-bond acceptors (Lipinski definition) is 3. The molecule has 1 aliphatic carbocycles. The van der Waals surface area contributed by atoms with Crippen LogP contribution in [-0.4, -0.2) is 30.5 Å². The predicted octanol–water partition coefficient (Wildman–Crippen LogP) is 2.71. The third kappa shape index (κ3) is 2.98. The van der Waals surface area contributed by atoms with Crippen LogP contribution < -0.4 is 5.73 Å². The Hall–Kier alpha value is -0.120. The molecule has 1 saturated carbocycles. The standard InChI is InChI=1S/C16H31NO2/c1-13(2)14-4-7-15(12-17,8-5-14)16(18)6-3-10-19-11-9-16/h13-14,18H,3-12,17H2,1-2H3. The molecule has 3 heteroatoms. The first kappa shape index (κ1) is 15.3. The van der Waals surface area contributed by atoms with Crippen molar-refractivity contribution in [2.45, 2.75) is 64.4 Å². The smallest absolute Gasteiger partial charge is 0.0738 e. The molecule has 19 heavy (non-hydrogen) atoms. The van der Waals surface area contributed by atoms with Gasteiger partial charge in [-0.25, -0.2) is 0 Å². The normalized spacial score (nSPS) is 41.2. The van der Waals surface area contributed by atoms with E-state index in [1.807, 2.05) is 0 Å². The second kappa shape index (κ2) is 6.11. The summed E-state index contributed by atoms with van der Waals surface area (Å²) in [5.41, 5.74) is 5.47. The van der Waals surface area contributed by atoms with Crippen LogP contribution in [0.1, 0.15) is 58.8 Å². The van der Waals surface area contributed by atoms with E-state index in [-0.39, 0.29) is 5.41 Å². The quantitative estimate of drug-likeness (QED) is 0.828. The summed E-state index contributed by atoms with van der Waals surface area (Å²) in [7, 11) is 0. The van der Waals surface area contributed by atoms with Gasteiger partial charge >= 0.3 is 0 Å². The van der Waals surface area contributed by atoms with E-state index in [9.17, 15) is 5.11 Å². The maximum absolute atomic E-state index is 11.2. The molecule has 0 amide bonds. The van der Waals surface area contributed by atoms with Crippen LogP contribution in [0.4, 0.5) is 0 Å². The van der Waals surface area contributed by atoms with Crippen LogP contribution in [0.15, 0.2) is 0 Å². The highest BCUT2D eigenvalue weighted by Crippen LogP contribution is 2.50. The highest BCUT2D eigenvalue weighted by Gasteiger charge is 2.50. The molecule has 1 heterocycles. The average Bonchev–Trinajstić information content (AvgIpc) is 2.64. The molecular weight excluding hydrogens is 238 g/mol. The van der Waals surface area contributed by atoms with Crippen molar-refractivity contribution in [3.63, 3.8) is 0 Å². The van der Waals surface area contributed by atoms with Gasteiger partial charge in [0.05, 0.1) is 5.60 Å². The van der Waals surface area contributed by atoms with Crippen molar-refractivity contribution >= 4 is 0 Å². The van der Waals surface area contributed by atoms with Crippen molar-refractivity contribution in [2.75, 3.05) is 19.8 Å². The van der Waals surface area contributed by atoms with Gasteiger partial charge < -0.3 is 15.6 Å². The Labute approximate surface area is 117 Å². The summed E-state index contributed by atoms with van der Waals surface area (Å²) in [5, 5.41) is 11.2. The van der Waals surface area contributed by atoms with Crippen LogP contribution in [0.25, 0.3) is 0 Å². The fraction of sp³-hybridized carbons (Fsp3) is 1.00. The fourth-order valence-electron chi connectivity index (χ4n) is 4.18. The molecule has 2 aliphatic rings. The van der Waals surface area contributed by atoms with E-state index in [0.29, 0.717) is 13.2 Å². The van der Waals surface area contributed by atoms with Gasteiger partial charge in [0.2, 0.25) is 0 Å². The molecule has 2 fully saturated rings. The lowest BCUT2D eigenvalue weighted by Gasteiger charge is -2.51. The van der Waals surface area contributed by atoms with E-state index in [0.717, 1.165) is 50.5 Å². The van der Waals surface area contributed by atoms with Crippen molar-refractivity contribution in [2.24, 2.45) is 23.0 Å². The van der Waals surface area contributed by atoms with Crippen LogP contribution in [0.5, 0.6) is 0 Å². The molecule has 3 nitrogen and oxygen atoms in total. The van der Waals surface area contributed by atoms with Gasteiger partial charge in [-0.2, -0.15) is 0 Å². The molecule has 1 saturated heterocycles. The van der Waals surface area contributed by atoms with Gasteiger partial charge in [-0.15, -0.1) is 0 Å². The third-order valence-electron chi connectivity index (χ3n) is 5.85. The van der Waals surface area contributed by atoms with Crippen molar-refractivity contribution in [3.8, 4) is 0 Å². The molecule has 0 spiro atoms. The van der Waals surface area contributed by atoms with Crippen molar-refractivity contribution in [1.82, 2.24) is 0 Å². The Morgan fingerprint density at radius 3 is 2.42 bits per heavy atom. The molecule has 0 aromatic carbocycles. The van der Waals surface area contributed by atoms with E-state index in [1.165, 1.54) is 12.8 Å². The first-order valence-corrected chi connectivity index (χ1v) is 8.03. The van der Waals surface area contributed by atoms with Crippen molar-refractivity contribution in [3.05, 3.63) is 0 Å². The van der Waals surface area contributed by atoms with Crippen LogP contribution in [0, 0.1) is 17.3 Å². The predicted molar refractivity (Wildman–Crippen MR) is 77.9 cm³/mol. The van der Waals surface area contributed by atoms with Gasteiger partial charge in [0, 0.05) is 31.6 Å². The number of hydrogen-bond donors (Lipinski definition) is 2. The van der Waals surface area contributed by atoms with Gasteiger partial charge in [-0.05, 0) is 50.4 Å². The molecule has 112 valence electrons. The van der Waals surface area contributed by atoms with Gasteiger partial charge in [0.15, 0.2) is 0 Å². The first-order valence-electron chi connectivity index (χ1n) is 8.03. The molecule has 1 aliphatic heterocycles.